The molecule has 0 N–H and O–H groups in total. The van der Waals surface area contributed by atoms with Crippen molar-refractivity contribution in [2.75, 3.05) is 6.61 Å². The average Bonchev–Trinajstić information content (AvgIpc) is 2.18. The fourth-order valence-corrected chi connectivity index (χ4v) is 2.35. The summed E-state index contributed by atoms with van der Waals surface area (Å²) < 4.78 is 5.62. The number of benzene rings is 1. The van der Waals surface area contributed by atoms with Crippen LogP contribution in [0.1, 0.15) is 38.7 Å². The molecule has 0 fully saturated rings. The van der Waals surface area contributed by atoms with E-state index in [0.717, 1.165) is 18.8 Å². The summed E-state index contributed by atoms with van der Waals surface area (Å²) in [4.78, 5) is 0.544. The first-order chi connectivity index (χ1) is 7.15. The van der Waals surface area contributed by atoms with Crippen LogP contribution < -0.4 is 4.74 Å². The van der Waals surface area contributed by atoms with E-state index in [-0.39, 0.29) is 0 Å². The molecule has 0 amide bonds. The van der Waals surface area contributed by atoms with Gasteiger partial charge in [0.1, 0.15) is 5.75 Å². The van der Waals surface area contributed by atoms with Gasteiger partial charge in [0.2, 0.25) is 0 Å². The molecule has 2 atom stereocenters. The van der Waals surface area contributed by atoms with Crippen LogP contribution in [-0.2, 0) is 0 Å². The highest BCUT2D eigenvalue weighted by molar-refractivity contribution is 9.09. The Labute approximate surface area is 101 Å². The Kier molecular flexibility index (Phi) is 5.16. The van der Waals surface area contributed by atoms with Crippen LogP contribution in [0.25, 0.3) is 0 Å². The lowest BCUT2D eigenvalue weighted by Crippen LogP contribution is -2.03. The van der Waals surface area contributed by atoms with Gasteiger partial charge in [-0.1, -0.05) is 48.0 Å². The molecule has 0 radical (unpaired) electrons. The van der Waals surface area contributed by atoms with Crippen LogP contribution in [0.4, 0.5) is 0 Å². The number of alkyl halides is 1. The summed E-state index contributed by atoms with van der Waals surface area (Å²) >= 11 is 3.60. The number of hydrogen-bond acceptors (Lipinski definition) is 1. The molecule has 1 aromatic carbocycles. The predicted octanol–water partition coefficient (Wildman–Crippen LogP) is 4.36. The molecule has 0 spiro atoms. The van der Waals surface area contributed by atoms with Gasteiger partial charge in [0.05, 0.1) is 6.61 Å². The van der Waals surface area contributed by atoms with Crippen LogP contribution in [0.5, 0.6) is 5.75 Å². The van der Waals surface area contributed by atoms with Crippen LogP contribution in [0.2, 0.25) is 0 Å². The topological polar surface area (TPSA) is 9.23 Å². The number of halogens is 1. The summed E-state index contributed by atoms with van der Waals surface area (Å²) in [6, 6.07) is 8.31. The van der Waals surface area contributed by atoms with Gasteiger partial charge < -0.3 is 4.74 Å². The minimum atomic E-state index is 0.530. The second kappa shape index (κ2) is 6.16. The van der Waals surface area contributed by atoms with Gasteiger partial charge in [-0.25, -0.2) is 0 Å². The van der Waals surface area contributed by atoms with Crippen LogP contribution in [0.15, 0.2) is 24.3 Å². The van der Waals surface area contributed by atoms with Gasteiger partial charge in [-0.15, -0.1) is 0 Å². The molecule has 15 heavy (non-hydrogen) atoms. The first-order valence-corrected chi connectivity index (χ1v) is 6.42. The monoisotopic (exact) mass is 270 g/mol. The zero-order valence-corrected chi connectivity index (χ0v) is 11.3. The molecule has 0 aromatic heterocycles. The standard InChI is InChI=1S/C13H19BrO/c1-4-15-13-8-6-5-7-12(13)10(2)9-11(3)14/h5-8,10-11H,4,9H2,1-3H3. The van der Waals surface area contributed by atoms with Crippen molar-refractivity contribution in [3.05, 3.63) is 29.8 Å². The van der Waals surface area contributed by atoms with Gasteiger partial charge in [-0.3, -0.25) is 0 Å². The molecule has 2 heteroatoms. The Bertz CT molecular complexity index is 296. The van der Waals surface area contributed by atoms with Gasteiger partial charge in [0, 0.05) is 4.83 Å². The normalized spacial score (nSPS) is 14.7. The van der Waals surface area contributed by atoms with Crippen molar-refractivity contribution in [2.45, 2.75) is 37.9 Å². The molecule has 0 bridgehead atoms. The third-order valence-electron chi connectivity index (χ3n) is 2.43. The van der Waals surface area contributed by atoms with Crippen LogP contribution >= 0.6 is 15.9 Å². The third-order valence-corrected chi connectivity index (χ3v) is 2.80. The van der Waals surface area contributed by atoms with Crippen LogP contribution in [0, 0.1) is 0 Å². The summed E-state index contributed by atoms with van der Waals surface area (Å²) in [5.41, 5.74) is 1.31. The second-order valence-corrected chi connectivity index (χ2v) is 5.45. The second-order valence-electron chi connectivity index (χ2n) is 3.89. The van der Waals surface area contributed by atoms with E-state index in [1.807, 2.05) is 19.1 Å². The lowest BCUT2D eigenvalue weighted by Gasteiger charge is -2.17. The zero-order valence-electron chi connectivity index (χ0n) is 9.66. The maximum Gasteiger partial charge on any atom is 0.122 e. The van der Waals surface area contributed by atoms with Crippen molar-refractivity contribution in [2.24, 2.45) is 0 Å². The highest BCUT2D eigenvalue weighted by atomic mass is 79.9. The maximum absolute atomic E-state index is 5.62. The van der Waals surface area contributed by atoms with Crippen molar-refractivity contribution in [1.82, 2.24) is 0 Å². The highest BCUT2D eigenvalue weighted by Gasteiger charge is 2.12. The first-order valence-electron chi connectivity index (χ1n) is 5.51. The average molecular weight is 271 g/mol. The number of para-hydroxylation sites is 1. The largest absolute Gasteiger partial charge is 0.494 e. The van der Waals surface area contributed by atoms with Gasteiger partial charge in [0.15, 0.2) is 0 Å². The van der Waals surface area contributed by atoms with Gasteiger partial charge >= 0.3 is 0 Å². The molecule has 84 valence electrons. The Morgan fingerprint density at radius 3 is 2.53 bits per heavy atom. The molecule has 0 aliphatic carbocycles. The number of ether oxygens (including phenoxy) is 1. The van der Waals surface area contributed by atoms with E-state index < -0.39 is 0 Å². The molecule has 1 nitrogen and oxygen atoms in total. The number of rotatable bonds is 5. The lowest BCUT2D eigenvalue weighted by atomic mass is 9.96. The SMILES string of the molecule is CCOc1ccccc1C(C)CC(C)Br. The summed E-state index contributed by atoms with van der Waals surface area (Å²) in [5, 5.41) is 0. The summed E-state index contributed by atoms with van der Waals surface area (Å²) in [6.45, 7) is 7.18. The van der Waals surface area contributed by atoms with Crippen LogP contribution in [0.3, 0.4) is 0 Å². The molecule has 1 rings (SSSR count). The smallest absolute Gasteiger partial charge is 0.122 e. The Morgan fingerprint density at radius 2 is 1.93 bits per heavy atom. The Hall–Kier alpha value is -0.500. The molecule has 0 saturated carbocycles. The van der Waals surface area contributed by atoms with Gasteiger partial charge in [-0.05, 0) is 30.9 Å². The molecule has 0 saturated heterocycles. The molecule has 1 aromatic rings. The molecule has 0 aliphatic heterocycles. The lowest BCUT2D eigenvalue weighted by molar-refractivity contribution is 0.334. The van der Waals surface area contributed by atoms with Gasteiger partial charge in [-0.2, -0.15) is 0 Å². The van der Waals surface area contributed by atoms with E-state index in [1.165, 1.54) is 5.56 Å². The van der Waals surface area contributed by atoms with Crippen molar-refractivity contribution >= 4 is 15.9 Å². The quantitative estimate of drug-likeness (QED) is 0.723. The summed E-state index contributed by atoms with van der Waals surface area (Å²) in [5.74, 6) is 1.56. The fourth-order valence-electron chi connectivity index (χ4n) is 1.79. The van der Waals surface area contributed by atoms with E-state index in [0.29, 0.717) is 10.7 Å². The third kappa shape index (κ3) is 3.86. The van der Waals surface area contributed by atoms with E-state index >= 15 is 0 Å². The molecular weight excluding hydrogens is 252 g/mol. The fraction of sp³-hybridized carbons (Fsp3) is 0.538. The van der Waals surface area contributed by atoms with Crippen LogP contribution in [-0.4, -0.2) is 11.4 Å². The zero-order chi connectivity index (χ0) is 11.3. The molecule has 0 heterocycles. The minimum absolute atomic E-state index is 0.530. The summed E-state index contributed by atoms with van der Waals surface area (Å²) in [6.07, 6.45) is 1.13. The Morgan fingerprint density at radius 1 is 1.27 bits per heavy atom. The number of hydrogen-bond donors (Lipinski definition) is 0. The predicted molar refractivity (Wildman–Crippen MR) is 69.0 cm³/mol. The highest BCUT2D eigenvalue weighted by Crippen LogP contribution is 2.30. The van der Waals surface area contributed by atoms with Gasteiger partial charge in [0.25, 0.3) is 0 Å². The van der Waals surface area contributed by atoms with E-state index in [9.17, 15) is 0 Å². The Balaban J connectivity index is 2.81. The molecular formula is C13H19BrO. The minimum Gasteiger partial charge on any atom is -0.494 e. The molecule has 0 aliphatic rings. The van der Waals surface area contributed by atoms with Crippen molar-refractivity contribution < 1.29 is 4.74 Å². The summed E-state index contributed by atoms with van der Waals surface area (Å²) in [7, 11) is 0. The first kappa shape index (κ1) is 12.6. The molecule has 2 unspecified atom stereocenters. The maximum atomic E-state index is 5.62. The van der Waals surface area contributed by atoms with Crippen molar-refractivity contribution in [3.63, 3.8) is 0 Å². The van der Waals surface area contributed by atoms with E-state index in [2.05, 4.69) is 41.9 Å². The van der Waals surface area contributed by atoms with Crippen molar-refractivity contribution in [1.29, 1.82) is 0 Å². The van der Waals surface area contributed by atoms with Crippen molar-refractivity contribution in [3.8, 4) is 5.75 Å². The van der Waals surface area contributed by atoms with E-state index in [1.54, 1.807) is 0 Å². The van der Waals surface area contributed by atoms with E-state index in [4.69, 9.17) is 4.74 Å².